The van der Waals surface area contributed by atoms with Crippen LogP contribution < -0.4 is 5.32 Å². The van der Waals surface area contributed by atoms with Crippen LogP contribution in [-0.2, 0) is 11.3 Å². The van der Waals surface area contributed by atoms with Gasteiger partial charge in [-0.25, -0.2) is 4.79 Å². The molecule has 6 heteroatoms. The number of carboxylic acids is 1. The number of carbonyl (C=O) groups excluding carboxylic acids is 1. The standard InChI is InChI=1S/C10H12N2O4/c13-8-6-12(3-2-11-8)5-7-1-4-16-9(7)10(14)15/h1,4H,2-3,5-6H2,(H,11,13)(H,14,15). The number of carboxylic acid groups (broad SMARTS) is 1. The topological polar surface area (TPSA) is 82.8 Å². The predicted octanol–water partition coefficient (Wildman–Crippen LogP) is -0.0904. The maximum absolute atomic E-state index is 11.1. The van der Waals surface area contributed by atoms with Gasteiger partial charge in [-0.2, -0.15) is 0 Å². The highest BCUT2D eigenvalue weighted by Crippen LogP contribution is 2.13. The lowest BCUT2D eigenvalue weighted by atomic mass is 10.2. The number of carbonyl (C=O) groups is 2. The zero-order valence-corrected chi connectivity index (χ0v) is 8.60. The Morgan fingerprint density at radius 2 is 2.44 bits per heavy atom. The summed E-state index contributed by atoms with van der Waals surface area (Å²) in [4.78, 5) is 23.8. The van der Waals surface area contributed by atoms with Gasteiger partial charge in [0.25, 0.3) is 0 Å². The number of hydrogen-bond donors (Lipinski definition) is 2. The smallest absolute Gasteiger partial charge is 0.372 e. The number of nitrogens with one attached hydrogen (secondary N) is 1. The van der Waals surface area contributed by atoms with Crippen molar-refractivity contribution in [3.8, 4) is 0 Å². The molecule has 0 saturated carbocycles. The highest BCUT2D eigenvalue weighted by atomic mass is 16.4. The second-order valence-electron chi connectivity index (χ2n) is 3.64. The largest absolute Gasteiger partial charge is 0.475 e. The van der Waals surface area contributed by atoms with Gasteiger partial charge in [0.15, 0.2) is 0 Å². The van der Waals surface area contributed by atoms with Crippen molar-refractivity contribution in [2.75, 3.05) is 19.6 Å². The molecule has 1 fully saturated rings. The van der Waals surface area contributed by atoms with Crippen LogP contribution >= 0.6 is 0 Å². The van der Waals surface area contributed by atoms with E-state index >= 15 is 0 Å². The first kappa shape index (κ1) is 10.7. The average Bonchev–Trinajstić information content (AvgIpc) is 2.66. The van der Waals surface area contributed by atoms with E-state index in [0.29, 0.717) is 25.2 Å². The first-order valence-corrected chi connectivity index (χ1v) is 4.95. The Morgan fingerprint density at radius 3 is 3.12 bits per heavy atom. The van der Waals surface area contributed by atoms with E-state index in [1.54, 1.807) is 6.07 Å². The van der Waals surface area contributed by atoms with Gasteiger partial charge in [-0.05, 0) is 6.07 Å². The van der Waals surface area contributed by atoms with Crippen molar-refractivity contribution in [3.05, 3.63) is 23.7 Å². The molecule has 0 spiro atoms. The van der Waals surface area contributed by atoms with E-state index in [9.17, 15) is 9.59 Å². The molecule has 0 atom stereocenters. The number of piperazine rings is 1. The third-order valence-electron chi connectivity index (χ3n) is 2.45. The Balaban J connectivity index is 2.05. The van der Waals surface area contributed by atoms with E-state index in [1.165, 1.54) is 6.26 Å². The van der Waals surface area contributed by atoms with E-state index in [0.717, 1.165) is 6.54 Å². The van der Waals surface area contributed by atoms with Gasteiger partial charge >= 0.3 is 5.97 Å². The van der Waals surface area contributed by atoms with Gasteiger partial charge < -0.3 is 14.8 Å². The summed E-state index contributed by atoms with van der Waals surface area (Å²) in [6.07, 6.45) is 1.35. The molecule has 0 aliphatic carbocycles. The summed E-state index contributed by atoms with van der Waals surface area (Å²) in [5.41, 5.74) is 0.599. The molecule has 0 bridgehead atoms. The first-order chi connectivity index (χ1) is 7.66. The Hall–Kier alpha value is -1.82. The minimum atomic E-state index is -1.08. The van der Waals surface area contributed by atoms with Gasteiger partial charge in [-0.15, -0.1) is 0 Å². The normalized spacial score (nSPS) is 17.1. The Labute approximate surface area is 91.8 Å². The molecule has 1 aliphatic heterocycles. The van der Waals surface area contributed by atoms with Gasteiger partial charge in [-0.3, -0.25) is 9.69 Å². The summed E-state index contributed by atoms with van der Waals surface area (Å²) in [7, 11) is 0. The van der Waals surface area contributed by atoms with Crippen LogP contribution in [0.5, 0.6) is 0 Å². The zero-order chi connectivity index (χ0) is 11.5. The highest BCUT2D eigenvalue weighted by molar-refractivity contribution is 5.86. The molecular formula is C10H12N2O4. The Kier molecular flexibility index (Phi) is 2.91. The number of aromatic carboxylic acids is 1. The van der Waals surface area contributed by atoms with Gasteiger partial charge in [0.2, 0.25) is 11.7 Å². The summed E-state index contributed by atoms with van der Waals surface area (Å²) in [5, 5.41) is 11.6. The minimum Gasteiger partial charge on any atom is -0.475 e. The molecular weight excluding hydrogens is 212 g/mol. The lowest BCUT2D eigenvalue weighted by molar-refractivity contribution is -0.124. The first-order valence-electron chi connectivity index (χ1n) is 4.95. The summed E-state index contributed by atoms with van der Waals surface area (Å²) in [6.45, 7) is 2.03. The molecule has 1 aromatic rings. The number of furan rings is 1. The number of nitrogens with zero attached hydrogens (tertiary/aromatic N) is 1. The van der Waals surface area contributed by atoms with Crippen LogP contribution in [0.25, 0.3) is 0 Å². The molecule has 1 aromatic heterocycles. The van der Waals surface area contributed by atoms with E-state index in [-0.39, 0.29) is 11.7 Å². The highest BCUT2D eigenvalue weighted by Gasteiger charge is 2.20. The van der Waals surface area contributed by atoms with Crippen molar-refractivity contribution in [1.82, 2.24) is 10.2 Å². The lowest BCUT2D eigenvalue weighted by Gasteiger charge is -2.25. The Morgan fingerprint density at radius 1 is 1.62 bits per heavy atom. The molecule has 1 saturated heterocycles. The summed E-state index contributed by atoms with van der Waals surface area (Å²) >= 11 is 0. The second-order valence-corrected chi connectivity index (χ2v) is 3.64. The molecule has 2 rings (SSSR count). The molecule has 0 aromatic carbocycles. The average molecular weight is 224 g/mol. The monoisotopic (exact) mass is 224 g/mol. The summed E-state index contributed by atoms with van der Waals surface area (Å²) in [5.74, 6) is -1.17. The van der Waals surface area contributed by atoms with Gasteiger partial charge in [0.1, 0.15) is 0 Å². The third-order valence-corrected chi connectivity index (χ3v) is 2.45. The van der Waals surface area contributed by atoms with Gasteiger partial charge in [0.05, 0.1) is 12.8 Å². The van der Waals surface area contributed by atoms with E-state index in [4.69, 9.17) is 9.52 Å². The number of rotatable bonds is 3. The number of amides is 1. The fraction of sp³-hybridized carbons (Fsp3) is 0.400. The van der Waals surface area contributed by atoms with Crippen molar-refractivity contribution >= 4 is 11.9 Å². The van der Waals surface area contributed by atoms with Crippen molar-refractivity contribution in [3.63, 3.8) is 0 Å². The quantitative estimate of drug-likeness (QED) is 0.749. The zero-order valence-electron chi connectivity index (χ0n) is 8.60. The predicted molar refractivity (Wildman–Crippen MR) is 54.0 cm³/mol. The van der Waals surface area contributed by atoms with E-state index < -0.39 is 5.97 Å². The van der Waals surface area contributed by atoms with Crippen LogP contribution in [0, 0.1) is 0 Å². The maximum Gasteiger partial charge on any atom is 0.372 e. The molecule has 2 N–H and O–H groups in total. The van der Waals surface area contributed by atoms with E-state index in [2.05, 4.69) is 5.32 Å². The van der Waals surface area contributed by atoms with Crippen LogP contribution in [0.3, 0.4) is 0 Å². The lowest BCUT2D eigenvalue weighted by Crippen LogP contribution is -2.47. The number of hydrogen-bond acceptors (Lipinski definition) is 4. The molecule has 2 heterocycles. The fourth-order valence-electron chi connectivity index (χ4n) is 1.72. The van der Waals surface area contributed by atoms with Crippen LogP contribution in [0.1, 0.15) is 16.1 Å². The van der Waals surface area contributed by atoms with Crippen LogP contribution in [0.2, 0.25) is 0 Å². The molecule has 6 nitrogen and oxygen atoms in total. The van der Waals surface area contributed by atoms with Gasteiger partial charge in [0, 0.05) is 25.2 Å². The maximum atomic E-state index is 11.1. The molecule has 1 aliphatic rings. The van der Waals surface area contributed by atoms with Crippen molar-refractivity contribution in [2.45, 2.75) is 6.54 Å². The molecule has 0 unspecified atom stereocenters. The summed E-state index contributed by atoms with van der Waals surface area (Å²) in [6, 6.07) is 1.62. The van der Waals surface area contributed by atoms with Crippen molar-refractivity contribution in [2.24, 2.45) is 0 Å². The minimum absolute atomic E-state index is 0.0355. The Bertz CT molecular complexity index is 413. The molecule has 1 amide bonds. The third kappa shape index (κ3) is 2.22. The SMILES string of the molecule is O=C1CN(Cc2ccoc2C(=O)O)CCN1. The second kappa shape index (κ2) is 4.36. The van der Waals surface area contributed by atoms with Crippen LogP contribution in [0.15, 0.2) is 16.7 Å². The molecule has 86 valence electrons. The van der Waals surface area contributed by atoms with E-state index in [1.807, 2.05) is 4.90 Å². The molecule has 16 heavy (non-hydrogen) atoms. The fourth-order valence-corrected chi connectivity index (χ4v) is 1.72. The van der Waals surface area contributed by atoms with Crippen molar-refractivity contribution < 1.29 is 19.1 Å². The molecule has 0 radical (unpaired) electrons. The van der Waals surface area contributed by atoms with Crippen molar-refractivity contribution in [1.29, 1.82) is 0 Å². The van der Waals surface area contributed by atoms with Crippen LogP contribution in [0.4, 0.5) is 0 Å². The van der Waals surface area contributed by atoms with Gasteiger partial charge in [-0.1, -0.05) is 0 Å². The van der Waals surface area contributed by atoms with Crippen LogP contribution in [-0.4, -0.2) is 41.5 Å². The summed E-state index contributed by atoms with van der Waals surface area (Å²) < 4.78 is 4.87.